The molecule has 0 saturated heterocycles. The van der Waals surface area contributed by atoms with Crippen molar-refractivity contribution >= 4 is 0 Å². The predicted molar refractivity (Wildman–Crippen MR) is 137 cm³/mol. The van der Waals surface area contributed by atoms with Gasteiger partial charge < -0.3 is 0 Å². The molecule has 0 aromatic heterocycles. The van der Waals surface area contributed by atoms with E-state index in [1.807, 2.05) is 0 Å². The number of benzene rings is 4. The van der Waals surface area contributed by atoms with Gasteiger partial charge in [-0.15, -0.1) is 0 Å². The van der Waals surface area contributed by atoms with Crippen LogP contribution in [0.4, 0.5) is 0 Å². The molecule has 0 bridgehead atoms. The van der Waals surface area contributed by atoms with Gasteiger partial charge in [0, 0.05) is 0 Å². The fourth-order valence-electron chi connectivity index (χ4n) is 3.71. The molecule has 0 heteroatoms. The van der Waals surface area contributed by atoms with Crippen LogP contribution in [0.3, 0.4) is 0 Å². The van der Waals surface area contributed by atoms with Crippen molar-refractivity contribution in [2.24, 2.45) is 0 Å². The van der Waals surface area contributed by atoms with E-state index in [4.69, 9.17) is 0 Å². The Balaban J connectivity index is 0.000000176. The summed E-state index contributed by atoms with van der Waals surface area (Å²) >= 11 is 0. The molecule has 158 valence electrons. The number of aryl methyl sites for hydroxylation is 7. The van der Waals surface area contributed by atoms with E-state index < -0.39 is 0 Å². The molecule has 0 fully saturated rings. The van der Waals surface area contributed by atoms with Gasteiger partial charge in [-0.3, -0.25) is 0 Å². The van der Waals surface area contributed by atoms with Crippen LogP contribution in [0.5, 0.6) is 0 Å². The summed E-state index contributed by atoms with van der Waals surface area (Å²) in [4.78, 5) is 0. The van der Waals surface area contributed by atoms with Crippen LogP contribution < -0.4 is 0 Å². The van der Waals surface area contributed by atoms with Crippen LogP contribution in [-0.4, -0.2) is 0 Å². The van der Waals surface area contributed by atoms with Crippen LogP contribution in [0.2, 0.25) is 0 Å². The molecule has 0 N–H and O–H groups in total. The van der Waals surface area contributed by atoms with Crippen molar-refractivity contribution in [1.82, 2.24) is 0 Å². The average molecular weight is 407 g/mol. The monoisotopic (exact) mass is 406 g/mol. The summed E-state index contributed by atoms with van der Waals surface area (Å²) in [6, 6.07) is 28.6. The Labute approximate surface area is 188 Å². The predicted octanol–water partition coefficient (Wildman–Crippen LogP) is 8.87. The van der Waals surface area contributed by atoms with Crippen molar-refractivity contribution in [2.45, 2.75) is 48.5 Å². The number of hydrogen-bond donors (Lipinski definition) is 0. The minimum absolute atomic E-state index is 1.30. The molecule has 0 amide bonds. The average Bonchev–Trinajstić information content (AvgIpc) is 2.73. The van der Waals surface area contributed by atoms with E-state index in [1.165, 1.54) is 61.2 Å². The third-order valence-electron chi connectivity index (χ3n) is 6.09. The maximum atomic E-state index is 2.26. The first kappa shape index (κ1) is 22.6. The van der Waals surface area contributed by atoms with Crippen molar-refractivity contribution in [3.63, 3.8) is 0 Å². The normalized spacial score (nSPS) is 10.4. The third-order valence-corrected chi connectivity index (χ3v) is 6.09. The summed E-state index contributed by atoms with van der Waals surface area (Å²) in [6.07, 6.45) is 0. The van der Waals surface area contributed by atoms with Crippen molar-refractivity contribution in [3.05, 3.63) is 118 Å². The minimum Gasteiger partial charge on any atom is -0.0587 e. The summed E-state index contributed by atoms with van der Waals surface area (Å²) in [5, 5.41) is 0. The fraction of sp³-hybridized carbons (Fsp3) is 0.226. The largest absolute Gasteiger partial charge is 0.0587 e. The molecule has 0 heterocycles. The molecule has 0 aliphatic heterocycles. The molecular formula is C31H34. The zero-order valence-corrected chi connectivity index (χ0v) is 20.0. The highest BCUT2D eigenvalue weighted by Gasteiger charge is 2.02. The topological polar surface area (TPSA) is 0 Å². The molecule has 31 heavy (non-hydrogen) atoms. The number of hydrogen-bond acceptors (Lipinski definition) is 0. The molecular weight excluding hydrogens is 372 g/mol. The lowest BCUT2D eigenvalue weighted by atomic mass is 9.98. The van der Waals surface area contributed by atoms with E-state index in [-0.39, 0.29) is 0 Å². The first-order valence-electron chi connectivity index (χ1n) is 11.0. The van der Waals surface area contributed by atoms with Crippen molar-refractivity contribution < 1.29 is 0 Å². The lowest BCUT2D eigenvalue weighted by Gasteiger charge is -2.08. The van der Waals surface area contributed by atoms with Crippen molar-refractivity contribution in [2.75, 3.05) is 0 Å². The zero-order valence-electron chi connectivity index (χ0n) is 20.0. The Morgan fingerprint density at radius 2 is 0.774 bits per heavy atom. The molecule has 0 unspecified atom stereocenters. The van der Waals surface area contributed by atoms with Crippen molar-refractivity contribution in [1.29, 1.82) is 0 Å². The Morgan fingerprint density at radius 1 is 0.323 bits per heavy atom. The smallest absolute Gasteiger partial charge is 0.0155 e. The summed E-state index contributed by atoms with van der Waals surface area (Å²) in [7, 11) is 0. The van der Waals surface area contributed by atoms with Gasteiger partial charge in [-0.1, -0.05) is 90.0 Å². The molecule has 4 rings (SSSR count). The van der Waals surface area contributed by atoms with Crippen molar-refractivity contribution in [3.8, 4) is 22.3 Å². The first-order valence-corrected chi connectivity index (χ1v) is 11.0. The van der Waals surface area contributed by atoms with Crippen LogP contribution in [0, 0.1) is 48.5 Å². The molecule has 0 nitrogen and oxygen atoms in total. The van der Waals surface area contributed by atoms with Crippen LogP contribution in [0.25, 0.3) is 22.3 Å². The molecule has 0 saturated carbocycles. The molecule has 0 aliphatic carbocycles. The molecule has 0 atom stereocenters. The lowest BCUT2D eigenvalue weighted by Crippen LogP contribution is -1.86. The molecule has 4 aromatic rings. The molecule has 0 spiro atoms. The van der Waals surface area contributed by atoms with Gasteiger partial charge >= 0.3 is 0 Å². The summed E-state index contributed by atoms with van der Waals surface area (Å²) in [6.45, 7) is 15.1. The van der Waals surface area contributed by atoms with E-state index in [0.29, 0.717) is 0 Å². The second-order valence-corrected chi connectivity index (χ2v) is 8.78. The highest BCUT2D eigenvalue weighted by atomic mass is 14.1. The second kappa shape index (κ2) is 9.79. The van der Waals surface area contributed by atoms with Gasteiger partial charge in [0.15, 0.2) is 0 Å². The van der Waals surface area contributed by atoms with Crippen LogP contribution in [0.15, 0.2) is 78.9 Å². The van der Waals surface area contributed by atoms with E-state index >= 15 is 0 Å². The quantitative estimate of drug-likeness (QED) is 0.312. The standard InChI is InChI=1S/C16H18.C15H16/c1-11-5-7-15(9-13(11)3)16-8-6-12(2)14(4)10-16;1-11-4-7-14(8-5-11)15-9-6-12(2)10-13(15)3/h5-10H,1-4H3;4-10H,1-3H3. The third kappa shape index (κ3) is 5.73. The molecule has 0 aliphatic rings. The lowest BCUT2D eigenvalue weighted by molar-refractivity contribution is 1.32. The fourth-order valence-corrected chi connectivity index (χ4v) is 3.71. The van der Waals surface area contributed by atoms with E-state index in [2.05, 4.69) is 127 Å². The van der Waals surface area contributed by atoms with Gasteiger partial charge in [0.25, 0.3) is 0 Å². The Morgan fingerprint density at radius 3 is 1.23 bits per heavy atom. The maximum absolute atomic E-state index is 2.26. The van der Waals surface area contributed by atoms with Gasteiger partial charge in [0.2, 0.25) is 0 Å². The maximum Gasteiger partial charge on any atom is -0.0155 e. The van der Waals surface area contributed by atoms with Gasteiger partial charge in [0.05, 0.1) is 0 Å². The Hall–Kier alpha value is -3.12. The molecule has 4 aromatic carbocycles. The van der Waals surface area contributed by atoms with Gasteiger partial charge in [0.1, 0.15) is 0 Å². The summed E-state index contributed by atoms with van der Waals surface area (Å²) in [5.41, 5.74) is 14.7. The van der Waals surface area contributed by atoms with Crippen LogP contribution in [-0.2, 0) is 0 Å². The van der Waals surface area contributed by atoms with Crippen LogP contribution in [0.1, 0.15) is 38.9 Å². The van der Waals surface area contributed by atoms with Gasteiger partial charge in [-0.2, -0.15) is 0 Å². The zero-order chi connectivity index (χ0) is 22.5. The number of rotatable bonds is 2. The van der Waals surface area contributed by atoms with E-state index in [1.54, 1.807) is 0 Å². The first-order chi connectivity index (χ1) is 14.7. The van der Waals surface area contributed by atoms with Crippen LogP contribution >= 0.6 is 0 Å². The summed E-state index contributed by atoms with van der Waals surface area (Å²) in [5.74, 6) is 0. The Kier molecular flexibility index (Phi) is 7.13. The highest BCUT2D eigenvalue weighted by Crippen LogP contribution is 2.25. The van der Waals surface area contributed by atoms with E-state index in [9.17, 15) is 0 Å². The minimum atomic E-state index is 1.30. The Bertz CT molecular complexity index is 1130. The highest BCUT2D eigenvalue weighted by molar-refractivity contribution is 5.68. The van der Waals surface area contributed by atoms with Gasteiger partial charge in [-0.25, -0.2) is 0 Å². The second-order valence-electron chi connectivity index (χ2n) is 8.78. The van der Waals surface area contributed by atoms with E-state index in [0.717, 1.165) is 0 Å². The SMILES string of the molecule is Cc1ccc(-c2ccc(C)c(C)c2)cc1C.Cc1ccc(-c2ccc(C)cc2C)cc1. The summed E-state index contributed by atoms with van der Waals surface area (Å²) < 4.78 is 0. The van der Waals surface area contributed by atoms with Gasteiger partial charge in [-0.05, 0) is 98.5 Å². The molecule has 0 radical (unpaired) electrons.